The average Bonchev–Trinajstić information content (AvgIpc) is 1.76. The molecule has 0 aromatic heterocycles. The zero-order valence-electron chi connectivity index (χ0n) is 10.7. The second-order valence-corrected chi connectivity index (χ2v) is 8.58. The van der Waals surface area contributed by atoms with Gasteiger partial charge in [-0.05, 0) is 17.8 Å². The molecule has 0 spiro atoms. The van der Waals surface area contributed by atoms with Gasteiger partial charge in [-0.1, -0.05) is 41.5 Å². The third-order valence-electron chi connectivity index (χ3n) is 1.91. The Hall–Kier alpha value is 0.150. The smallest absolute Gasteiger partial charge is 0.106 e. The summed E-state index contributed by atoms with van der Waals surface area (Å²) in [4.78, 5) is 0. The van der Waals surface area contributed by atoms with Crippen molar-refractivity contribution >= 4 is 9.93 Å². The van der Waals surface area contributed by atoms with Gasteiger partial charge in [0.2, 0.25) is 0 Å². The molecule has 0 saturated carbocycles. The zero-order chi connectivity index (χ0) is 11.4. The van der Waals surface area contributed by atoms with Crippen LogP contribution in [0.3, 0.4) is 0 Å². The van der Waals surface area contributed by atoms with E-state index in [1.54, 1.807) is 0 Å². The van der Waals surface area contributed by atoms with Crippen molar-refractivity contribution in [3.05, 3.63) is 0 Å². The SMILES string of the molecule is CC(C)C[S+](=O)(CC(C)C)CC(C)C. The molecule has 0 aliphatic heterocycles. The van der Waals surface area contributed by atoms with Crippen molar-refractivity contribution in [2.45, 2.75) is 41.5 Å². The maximum atomic E-state index is 12.6. The summed E-state index contributed by atoms with van der Waals surface area (Å²) in [7, 11) is -1.59. The lowest BCUT2D eigenvalue weighted by Crippen LogP contribution is -2.31. The van der Waals surface area contributed by atoms with Gasteiger partial charge in [-0.25, -0.2) is 0 Å². The van der Waals surface area contributed by atoms with Crippen LogP contribution in [-0.2, 0) is 14.1 Å². The Morgan fingerprint density at radius 2 is 0.929 bits per heavy atom. The van der Waals surface area contributed by atoms with Crippen LogP contribution in [0.15, 0.2) is 0 Å². The molecule has 0 N–H and O–H groups in total. The largest absolute Gasteiger partial charge is 0.114 e. The van der Waals surface area contributed by atoms with E-state index in [0.29, 0.717) is 17.8 Å². The highest BCUT2D eigenvalue weighted by Crippen LogP contribution is 2.18. The fourth-order valence-corrected chi connectivity index (χ4v) is 6.08. The minimum absolute atomic E-state index is 0.556. The summed E-state index contributed by atoms with van der Waals surface area (Å²) in [5.41, 5.74) is 0. The molecule has 0 bridgehead atoms. The Bertz CT molecular complexity index is 161. The fourth-order valence-electron chi connectivity index (χ4n) is 2.03. The summed E-state index contributed by atoms with van der Waals surface area (Å²) >= 11 is 0. The summed E-state index contributed by atoms with van der Waals surface area (Å²) in [5, 5.41) is 0. The number of hydrogen-bond donors (Lipinski definition) is 0. The molecular formula is C12H27OS+. The number of rotatable bonds is 6. The van der Waals surface area contributed by atoms with E-state index < -0.39 is 9.93 Å². The maximum absolute atomic E-state index is 12.6. The molecule has 1 nitrogen and oxygen atoms in total. The lowest BCUT2D eigenvalue weighted by atomic mass is 10.3. The van der Waals surface area contributed by atoms with Crippen LogP contribution in [0.25, 0.3) is 0 Å². The summed E-state index contributed by atoms with van der Waals surface area (Å²) in [6.07, 6.45) is 0. The van der Waals surface area contributed by atoms with Gasteiger partial charge in [-0.2, -0.15) is 0 Å². The van der Waals surface area contributed by atoms with E-state index >= 15 is 0 Å². The van der Waals surface area contributed by atoms with Crippen LogP contribution < -0.4 is 0 Å². The Morgan fingerprint density at radius 1 is 0.714 bits per heavy atom. The molecule has 0 aliphatic carbocycles. The minimum atomic E-state index is -1.59. The van der Waals surface area contributed by atoms with E-state index in [0.717, 1.165) is 17.3 Å². The summed E-state index contributed by atoms with van der Waals surface area (Å²) in [6, 6.07) is 0. The van der Waals surface area contributed by atoms with E-state index in [1.807, 2.05) is 0 Å². The Kier molecular flexibility index (Phi) is 5.96. The van der Waals surface area contributed by atoms with E-state index in [-0.39, 0.29) is 0 Å². The average molecular weight is 219 g/mol. The van der Waals surface area contributed by atoms with Crippen molar-refractivity contribution in [1.29, 1.82) is 0 Å². The quantitative estimate of drug-likeness (QED) is 0.625. The van der Waals surface area contributed by atoms with Crippen LogP contribution in [-0.4, -0.2) is 17.3 Å². The van der Waals surface area contributed by atoms with Gasteiger partial charge in [0.25, 0.3) is 0 Å². The standard InChI is InChI=1S/C12H27OS/c1-10(2)7-14(13,8-11(3)4)9-12(5)6/h10-12H,7-9H2,1-6H3/q+1. The molecule has 0 heterocycles. The molecule has 2 heteroatoms. The molecule has 0 rings (SSSR count). The molecule has 0 unspecified atom stereocenters. The first kappa shape index (κ1) is 14.2. The van der Waals surface area contributed by atoms with Crippen molar-refractivity contribution in [2.24, 2.45) is 17.8 Å². The minimum Gasteiger partial charge on any atom is -0.106 e. The lowest BCUT2D eigenvalue weighted by Gasteiger charge is -2.18. The summed E-state index contributed by atoms with van der Waals surface area (Å²) < 4.78 is 12.6. The molecule has 0 amide bonds. The highest BCUT2D eigenvalue weighted by atomic mass is 32.2. The lowest BCUT2D eigenvalue weighted by molar-refractivity contribution is 0.558. The van der Waals surface area contributed by atoms with Crippen molar-refractivity contribution in [2.75, 3.05) is 17.3 Å². The van der Waals surface area contributed by atoms with Crippen molar-refractivity contribution in [3.63, 3.8) is 0 Å². The molecule has 14 heavy (non-hydrogen) atoms. The van der Waals surface area contributed by atoms with Gasteiger partial charge in [0.05, 0.1) is 9.93 Å². The third-order valence-corrected chi connectivity index (χ3v) is 5.73. The van der Waals surface area contributed by atoms with Crippen LogP contribution in [0.2, 0.25) is 0 Å². The molecular weight excluding hydrogens is 192 g/mol. The van der Waals surface area contributed by atoms with Gasteiger partial charge in [0.15, 0.2) is 0 Å². The molecule has 0 fully saturated rings. The Balaban J connectivity index is 4.41. The summed E-state index contributed by atoms with van der Waals surface area (Å²) in [6.45, 7) is 13.0. The van der Waals surface area contributed by atoms with Crippen LogP contribution in [0.4, 0.5) is 0 Å². The van der Waals surface area contributed by atoms with Gasteiger partial charge >= 0.3 is 0 Å². The van der Waals surface area contributed by atoms with Crippen LogP contribution in [0.5, 0.6) is 0 Å². The summed E-state index contributed by atoms with van der Waals surface area (Å²) in [5.74, 6) is 4.38. The van der Waals surface area contributed by atoms with Gasteiger partial charge in [0, 0.05) is 0 Å². The van der Waals surface area contributed by atoms with E-state index in [4.69, 9.17) is 0 Å². The molecule has 0 aromatic carbocycles. The second-order valence-electron chi connectivity index (χ2n) is 5.65. The topological polar surface area (TPSA) is 17.1 Å². The van der Waals surface area contributed by atoms with Gasteiger partial charge in [-0.15, -0.1) is 4.21 Å². The monoisotopic (exact) mass is 219 g/mol. The molecule has 0 aromatic rings. The predicted molar refractivity (Wildman–Crippen MR) is 67.2 cm³/mol. The molecule has 0 aliphatic rings. The van der Waals surface area contributed by atoms with Crippen molar-refractivity contribution in [3.8, 4) is 0 Å². The highest BCUT2D eigenvalue weighted by molar-refractivity contribution is 8.02. The molecule has 86 valence electrons. The molecule has 0 saturated heterocycles. The first-order chi connectivity index (χ1) is 6.25. The highest BCUT2D eigenvalue weighted by Gasteiger charge is 2.31. The first-order valence-corrected chi connectivity index (χ1v) is 7.79. The van der Waals surface area contributed by atoms with Crippen molar-refractivity contribution < 1.29 is 4.21 Å². The van der Waals surface area contributed by atoms with Gasteiger partial charge < -0.3 is 0 Å². The second kappa shape index (κ2) is 5.89. The number of hydrogen-bond acceptors (Lipinski definition) is 1. The fraction of sp³-hybridized carbons (Fsp3) is 1.00. The van der Waals surface area contributed by atoms with E-state index in [1.165, 1.54) is 0 Å². The van der Waals surface area contributed by atoms with Crippen LogP contribution >= 0.6 is 0 Å². The molecule has 0 radical (unpaired) electrons. The Labute approximate surface area is 91.1 Å². The van der Waals surface area contributed by atoms with Gasteiger partial charge in [-0.3, -0.25) is 0 Å². The van der Waals surface area contributed by atoms with E-state index in [9.17, 15) is 4.21 Å². The van der Waals surface area contributed by atoms with Crippen LogP contribution in [0, 0.1) is 17.8 Å². The third kappa shape index (κ3) is 6.58. The first-order valence-electron chi connectivity index (χ1n) is 5.72. The normalized spacial score (nSPS) is 13.2. The van der Waals surface area contributed by atoms with Gasteiger partial charge in [0.1, 0.15) is 17.3 Å². The Morgan fingerprint density at radius 3 is 1.07 bits per heavy atom. The van der Waals surface area contributed by atoms with E-state index in [2.05, 4.69) is 41.5 Å². The predicted octanol–water partition coefficient (Wildman–Crippen LogP) is 3.45. The van der Waals surface area contributed by atoms with Crippen molar-refractivity contribution in [1.82, 2.24) is 0 Å². The maximum Gasteiger partial charge on any atom is 0.114 e. The zero-order valence-corrected chi connectivity index (χ0v) is 11.5. The van der Waals surface area contributed by atoms with Crippen LogP contribution in [0.1, 0.15) is 41.5 Å². The molecule has 0 atom stereocenters.